The Balaban J connectivity index is 2.50. The summed E-state index contributed by atoms with van der Waals surface area (Å²) in [6, 6.07) is 0.669. The molecule has 3 heteroatoms. The largest absolute Gasteiger partial charge is 0.380 e. The minimum atomic E-state index is 0.315. The molecule has 1 rings (SSSR count). The van der Waals surface area contributed by atoms with Crippen LogP contribution in [0.5, 0.6) is 0 Å². The van der Waals surface area contributed by atoms with Gasteiger partial charge in [0.1, 0.15) is 0 Å². The lowest BCUT2D eigenvalue weighted by Gasteiger charge is -2.37. The van der Waals surface area contributed by atoms with Crippen LogP contribution in [0.4, 0.5) is 0 Å². The average Bonchev–Trinajstić information content (AvgIpc) is 2.55. The first kappa shape index (κ1) is 15.9. The van der Waals surface area contributed by atoms with E-state index in [2.05, 4.69) is 37.9 Å². The van der Waals surface area contributed by atoms with Gasteiger partial charge in [0.2, 0.25) is 0 Å². The van der Waals surface area contributed by atoms with Crippen molar-refractivity contribution in [3.8, 4) is 0 Å². The molecule has 1 N–H and O–H groups in total. The molecule has 1 unspecified atom stereocenters. The van der Waals surface area contributed by atoms with Crippen molar-refractivity contribution in [1.29, 1.82) is 0 Å². The Hall–Kier alpha value is -0.120. The van der Waals surface area contributed by atoms with Gasteiger partial charge >= 0.3 is 0 Å². The molecule has 1 aliphatic heterocycles. The summed E-state index contributed by atoms with van der Waals surface area (Å²) in [6.45, 7) is 14.3. The Kier molecular flexibility index (Phi) is 7.20. The van der Waals surface area contributed by atoms with Crippen molar-refractivity contribution in [1.82, 2.24) is 10.2 Å². The first-order valence-corrected chi connectivity index (χ1v) is 7.74. The highest BCUT2D eigenvalue weighted by Crippen LogP contribution is 2.22. The van der Waals surface area contributed by atoms with Gasteiger partial charge in [0.05, 0.1) is 6.61 Å². The molecule has 1 fully saturated rings. The predicted octanol–water partition coefficient (Wildman–Crippen LogP) is 2.66. The number of ether oxygens (including phenoxy) is 1. The second-order valence-corrected chi connectivity index (χ2v) is 5.63. The summed E-state index contributed by atoms with van der Waals surface area (Å²) in [7, 11) is 0. The Labute approximate surface area is 113 Å². The molecule has 1 saturated heterocycles. The molecule has 108 valence electrons. The molecule has 0 aromatic rings. The van der Waals surface area contributed by atoms with Gasteiger partial charge in [-0.2, -0.15) is 0 Å². The molecule has 0 spiro atoms. The molecule has 1 aliphatic rings. The first-order chi connectivity index (χ1) is 8.67. The van der Waals surface area contributed by atoms with Crippen molar-refractivity contribution in [2.45, 2.75) is 65.0 Å². The summed E-state index contributed by atoms with van der Waals surface area (Å²) < 4.78 is 5.65. The maximum absolute atomic E-state index is 5.65. The van der Waals surface area contributed by atoms with Crippen LogP contribution in [-0.4, -0.2) is 49.3 Å². The van der Waals surface area contributed by atoms with Gasteiger partial charge in [-0.1, -0.05) is 20.8 Å². The van der Waals surface area contributed by atoms with E-state index in [1.54, 1.807) is 0 Å². The van der Waals surface area contributed by atoms with E-state index in [-0.39, 0.29) is 0 Å². The number of nitrogens with one attached hydrogen (secondary N) is 1. The number of hydrogen-bond acceptors (Lipinski definition) is 3. The second-order valence-electron chi connectivity index (χ2n) is 5.63. The molecular weight excluding hydrogens is 224 g/mol. The minimum Gasteiger partial charge on any atom is -0.380 e. The van der Waals surface area contributed by atoms with Crippen LogP contribution < -0.4 is 5.32 Å². The van der Waals surface area contributed by atoms with E-state index in [9.17, 15) is 0 Å². The number of rotatable bonds is 7. The van der Waals surface area contributed by atoms with Gasteiger partial charge in [0, 0.05) is 31.3 Å². The van der Waals surface area contributed by atoms with Crippen LogP contribution in [0, 0.1) is 0 Å². The summed E-state index contributed by atoms with van der Waals surface area (Å²) in [6.07, 6.45) is 4.78. The first-order valence-electron chi connectivity index (χ1n) is 7.74. The highest BCUT2D eigenvalue weighted by Gasteiger charge is 2.32. The maximum atomic E-state index is 5.65. The number of nitrogens with zero attached hydrogens (tertiary/aromatic N) is 1. The summed E-state index contributed by atoms with van der Waals surface area (Å²) in [4.78, 5) is 2.61. The van der Waals surface area contributed by atoms with Crippen LogP contribution in [-0.2, 0) is 4.74 Å². The Morgan fingerprint density at radius 1 is 1.22 bits per heavy atom. The molecule has 0 amide bonds. The lowest BCUT2D eigenvalue weighted by molar-refractivity contribution is 0.0789. The van der Waals surface area contributed by atoms with Crippen LogP contribution in [0.1, 0.15) is 53.4 Å². The average molecular weight is 256 g/mol. The van der Waals surface area contributed by atoms with Gasteiger partial charge in [-0.15, -0.1) is 0 Å². The molecule has 0 aromatic carbocycles. The van der Waals surface area contributed by atoms with Gasteiger partial charge < -0.3 is 10.1 Å². The van der Waals surface area contributed by atoms with Crippen molar-refractivity contribution in [3.05, 3.63) is 0 Å². The van der Waals surface area contributed by atoms with Crippen LogP contribution >= 0.6 is 0 Å². The highest BCUT2D eigenvalue weighted by molar-refractivity contribution is 4.93. The molecule has 18 heavy (non-hydrogen) atoms. The lowest BCUT2D eigenvalue weighted by Crippen LogP contribution is -2.51. The van der Waals surface area contributed by atoms with E-state index in [0.29, 0.717) is 11.6 Å². The number of hydrogen-bond donors (Lipinski definition) is 1. The van der Waals surface area contributed by atoms with E-state index in [4.69, 9.17) is 4.74 Å². The molecule has 0 radical (unpaired) electrons. The topological polar surface area (TPSA) is 24.5 Å². The van der Waals surface area contributed by atoms with Gasteiger partial charge in [0.25, 0.3) is 0 Å². The fourth-order valence-electron chi connectivity index (χ4n) is 2.78. The van der Waals surface area contributed by atoms with Gasteiger partial charge in [-0.3, -0.25) is 4.90 Å². The summed E-state index contributed by atoms with van der Waals surface area (Å²) in [5.41, 5.74) is 0.315. The third kappa shape index (κ3) is 4.52. The fraction of sp³-hybridized carbons (Fsp3) is 1.00. The SMILES string of the molecule is CCCOCCN1CC(CC)(CC)NCCC1C. The van der Waals surface area contributed by atoms with Crippen molar-refractivity contribution in [3.63, 3.8) is 0 Å². The van der Waals surface area contributed by atoms with E-state index >= 15 is 0 Å². The van der Waals surface area contributed by atoms with Crippen molar-refractivity contribution in [2.24, 2.45) is 0 Å². The monoisotopic (exact) mass is 256 g/mol. The Morgan fingerprint density at radius 3 is 2.56 bits per heavy atom. The molecule has 1 heterocycles. The summed E-state index contributed by atoms with van der Waals surface area (Å²) in [5, 5.41) is 3.77. The summed E-state index contributed by atoms with van der Waals surface area (Å²) >= 11 is 0. The van der Waals surface area contributed by atoms with Crippen LogP contribution in [0.15, 0.2) is 0 Å². The van der Waals surface area contributed by atoms with E-state index in [1.807, 2.05) is 0 Å². The zero-order valence-corrected chi connectivity index (χ0v) is 12.8. The highest BCUT2D eigenvalue weighted by atomic mass is 16.5. The minimum absolute atomic E-state index is 0.315. The van der Waals surface area contributed by atoms with E-state index in [1.165, 1.54) is 19.3 Å². The summed E-state index contributed by atoms with van der Waals surface area (Å²) in [5.74, 6) is 0. The molecule has 1 atom stereocenters. The third-order valence-corrected chi connectivity index (χ3v) is 4.42. The van der Waals surface area contributed by atoms with Crippen molar-refractivity contribution in [2.75, 3.05) is 32.8 Å². The molecule has 0 aromatic heterocycles. The second kappa shape index (κ2) is 8.13. The smallest absolute Gasteiger partial charge is 0.0593 e. The normalized spacial score (nSPS) is 25.0. The van der Waals surface area contributed by atoms with E-state index in [0.717, 1.165) is 39.3 Å². The van der Waals surface area contributed by atoms with Crippen LogP contribution in [0.3, 0.4) is 0 Å². The van der Waals surface area contributed by atoms with Gasteiger partial charge in [-0.25, -0.2) is 0 Å². The molecular formula is C15H32N2O. The zero-order chi connectivity index (χ0) is 13.4. The van der Waals surface area contributed by atoms with Crippen LogP contribution in [0.25, 0.3) is 0 Å². The quantitative estimate of drug-likeness (QED) is 0.709. The van der Waals surface area contributed by atoms with E-state index < -0.39 is 0 Å². The molecule has 3 nitrogen and oxygen atoms in total. The lowest BCUT2D eigenvalue weighted by atomic mass is 9.92. The maximum Gasteiger partial charge on any atom is 0.0593 e. The molecule has 0 aliphatic carbocycles. The predicted molar refractivity (Wildman–Crippen MR) is 78.1 cm³/mol. The van der Waals surface area contributed by atoms with Gasteiger partial charge in [-0.05, 0) is 39.2 Å². The third-order valence-electron chi connectivity index (χ3n) is 4.42. The Morgan fingerprint density at radius 2 is 1.94 bits per heavy atom. The zero-order valence-electron chi connectivity index (χ0n) is 12.8. The Bertz CT molecular complexity index is 217. The van der Waals surface area contributed by atoms with Crippen molar-refractivity contribution >= 4 is 0 Å². The molecule has 0 bridgehead atoms. The van der Waals surface area contributed by atoms with Crippen LogP contribution in [0.2, 0.25) is 0 Å². The van der Waals surface area contributed by atoms with Gasteiger partial charge in [0.15, 0.2) is 0 Å². The standard InChI is InChI=1S/C15H32N2O/c1-5-11-18-12-10-17-13-15(6-2,7-3)16-9-8-14(17)4/h14,16H,5-13H2,1-4H3. The fourth-order valence-corrected chi connectivity index (χ4v) is 2.78. The molecule has 0 saturated carbocycles. The van der Waals surface area contributed by atoms with Crippen molar-refractivity contribution < 1.29 is 4.74 Å².